The van der Waals surface area contributed by atoms with Crippen LogP contribution in [0.4, 0.5) is 0 Å². The lowest BCUT2D eigenvalue weighted by Crippen LogP contribution is -2.14. The molecule has 2 N–H and O–H groups in total. The van der Waals surface area contributed by atoms with Gasteiger partial charge in [-0.15, -0.1) is 0 Å². The van der Waals surface area contributed by atoms with E-state index in [-0.39, 0.29) is 6.61 Å². The van der Waals surface area contributed by atoms with Crippen molar-refractivity contribution in [1.82, 2.24) is 9.88 Å². The normalized spacial score (nSPS) is 13.1. The number of aryl methyl sites for hydroxylation is 1. The van der Waals surface area contributed by atoms with Crippen LogP contribution in [0.5, 0.6) is 0 Å². The second kappa shape index (κ2) is 5.83. The number of aliphatic hydroxyl groups excluding tert-OH is 1. The Kier molecular flexibility index (Phi) is 4.70. The molecular formula is C11H20N2O. The van der Waals surface area contributed by atoms with Gasteiger partial charge in [-0.2, -0.15) is 0 Å². The summed E-state index contributed by atoms with van der Waals surface area (Å²) in [5.74, 6) is 0. The molecule has 1 rings (SSSR count). The highest BCUT2D eigenvalue weighted by atomic mass is 16.3. The Hall–Kier alpha value is -0.800. The Balaban J connectivity index is 2.57. The topological polar surface area (TPSA) is 37.2 Å². The third-order valence-electron chi connectivity index (χ3n) is 2.51. The summed E-state index contributed by atoms with van der Waals surface area (Å²) in [6.07, 6.45) is 6.15. The fourth-order valence-electron chi connectivity index (χ4n) is 1.66. The van der Waals surface area contributed by atoms with Crippen LogP contribution in [0.2, 0.25) is 0 Å². The zero-order valence-corrected chi connectivity index (χ0v) is 9.03. The lowest BCUT2D eigenvalue weighted by atomic mass is 10.1. The molecule has 1 heterocycles. The molecule has 0 radical (unpaired) electrons. The molecule has 1 aromatic rings. The molecule has 0 spiro atoms. The molecule has 1 aromatic heterocycles. The first-order chi connectivity index (χ1) is 6.81. The second-order valence-electron chi connectivity index (χ2n) is 3.51. The Morgan fingerprint density at radius 2 is 2.36 bits per heavy atom. The maximum atomic E-state index is 8.71. The van der Waals surface area contributed by atoms with Crippen molar-refractivity contribution in [3.8, 4) is 0 Å². The summed E-state index contributed by atoms with van der Waals surface area (Å²) in [5, 5.41) is 12.0. The highest BCUT2D eigenvalue weighted by molar-refractivity contribution is 5.15. The van der Waals surface area contributed by atoms with E-state index < -0.39 is 0 Å². The van der Waals surface area contributed by atoms with Gasteiger partial charge in [0, 0.05) is 31.6 Å². The monoisotopic (exact) mass is 196 g/mol. The van der Waals surface area contributed by atoms with Crippen molar-refractivity contribution < 1.29 is 5.11 Å². The van der Waals surface area contributed by atoms with E-state index in [1.807, 2.05) is 7.05 Å². The van der Waals surface area contributed by atoms with Crippen LogP contribution in [0.15, 0.2) is 18.5 Å². The van der Waals surface area contributed by atoms with Crippen molar-refractivity contribution in [3.63, 3.8) is 0 Å². The summed E-state index contributed by atoms with van der Waals surface area (Å²) in [6, 6.07) is 2.59. The lowest BCUT2D eigenvalue weighted by molar-refractivity contribution is 0.280. The molecule has 0 aliphatic carbocycles. The molecule has 1 unspecified atom stereocenters. The molecule has 0 fully saturated rings. The number of nitrogens with zero attached hydrogens (tertiary/aromatic N) is 1. The van der Waals surface area contributed by atoms with E-state index in [0.717, 1.165) is 19.4 Å². The minimum absolute atomic E-state index is 0.261. The standard InChI is InChI=1S/C11H20N2O/c1-3-11(12-2)10-5-7-13(9-10)6-4-8-14/h5,7,9,11-12,14H,3-4,6,8H2,1-2H3. The van der Waals surface area contributed by atoms with Crippen molar-refractivity contribution in [1.29, 1.82) is 0 Å². The van der Waals surface area contributed by atoms with Crippen molar-refractivity contribution in [3.05, 3.63) is 24.0 Å². The first kappa shape index (κ1) is 11.3. The molecule has 3 heteroatoms. The summed E-state index contributed by atoms with van der Waals surface area (Å²) in [4.78, 5) is 0. The van der Waals surface area contributed by atoms with Crippen LogP contribution in [0.1, 0.15) is 31.4 Å². The maximum absolute atomic E-state index is 8.71. The average Bonchev–Trinajstić information content (AvgIpc) is 2.65. The predicted octanol–water partition coefficient (Wildman–Crippen LogP) is 1.54. The first-order valence-electron chi connectivity index (χ1n) is 5.25. The Labute approximate surface area is 85.7 Å². The number of hydrogen-bond donors (Lipinski definition) is 2. The lowest BCUT2D eigenvalue weighted by Gasteiger charge is -2.11. The number of hydrogen-bond acceptors (Lipinski definition) is 2. The van der Waals surface area contributed by atoms with Gasteiger partial charge in [0.2, 0.25) is 0 Å². The Morgan fingerprint density at radius 3 is 2.93 bits per heavy atom. The van der Waals surface area contributed by atoms with Gasteiger partial charge < -0.3 is 15.0 Å². The van der Waals surface area contributed by atoms with E-state index in [2.05, 4.69) is 35.3 Å². The largest absolute Gasteiger partial charge is 0.396 e. The first-order valence-corrected chi connectivity index (χ1v) is 5.25. The van der Waals surface area contributed by atoms with Crippen molar-refractivity contribution in [2.45, 2.75) is 32.4 Å². The number of aliphatic hydroxyl groups is 1. The Morgan fingerprint density at radius 1 is 1.57 bits per heavy atom. The maximum Gasteiger partial charge on any atom is 0.0448 e. The molecule has 0 aliphatic rings. The molecular weight excluding hydrogens is 176 g/mol. The van der Waals surface area contributed by atoms with Gasteiger partial charge in [0.15, 0.2) is 0 Å². The molecule has 3 nitrogen and oxygen atoms in total. The van der Waals surface area contributed by atoms with Crippen LogP contribution < -0.4 is 5.32 Å². The van der Waals surface area contributed by atoms with Crippen molar-refractivity contribution in [2.75, 3.05) is 13.7 Å². The van der Waals surface area contributed by atoms with Gasteiger partial charge in [-0.3, -0.25) is 0 Å². The minimum Gasteiger partial charge on any atom is -0.396 e. The summed E-state index contributed by atoms with van der Waals surface area (Å²) in [5.41, 5.74) is 1.33. The van der Waals surface area contributed by atoms with Crippen molar-refractivity contribution in [2.24, 2.45) is 0 Å². The van der Waals surface area contributed by atoms with Crippen molar-refractivity contribution >= 4 is 0 Å². The molecule has 14 heavy (non-hydrogen) atoms. The van der Waals surface area contributed by atoms with Gasteiger partial charge in [0.1, 0.15) is 0 Å². The quantitative estimate of drug-likeness (QED) is 0.724. The summed E-state index contributed by atoms with van der Waals surface area (Å²) in [7, 11) is 1.99. The molecule has 0 saturated carbocycles. The summed E-state index contributed by atoms with van der Waals surface area (Å²) >= 11 is 0. The van der Waals surface area contributed by atoms with Gasteiger partial charge in [0.05, 0.1) is 0 Å². The van der Waals surface area contributed by atoms with Crippen LogP contribution in [-0.2, 0) is 6.54 Å². The van der Waals surface area contributed by atoms with Crippen LogP contribution in [-0.4, -0.2) is 23.3 Å². The third kappa shape index (κ3) is 2.86. The molecule has 0 amide bonds. The fourth-order valence-corrected chi connectivity index (χ4v) is 1.66. The molecule has 0 bridgehead atoms. The average molecular weight is 196 g/mol. The molecule has 80 valence electrons. The fraction of sp³-hybridized carbons (Fsp3) is 0.636. The number of nitrogens with one attached hydrogen (secondary N) is 1. The highest BCUT2D eigenvalue weighted by Gasteiger charge is 2.07. The summed E-state index contributed by atoms with van der Waals surface area (Å²) < 4.78 is 2.13. The minimum atomic E-state index is 0.261. The van der Waals surface area contributed by atoms with Gasteiger partial charge in [-0.25, -0.2) is 0 Å². The molecule has 1 atom stereocenters. The van der Waals surface area contributed by atoms with E-state index >= 15 is 0 Å². The van der Waals surface area contributed by atoms with E-state index in [1.165, 1.54) is 5.56 Å². The van der Waals surface area contributed by atoms with E-state index in [0.29, 0.717) is 6.04 Å². The zero-order chi connectivity index (χ0) is 10.4. The van der Waals surface area contributed by atoms with E-state index in [9.17, 15) is 0 Å². The third-order valence-corrected chi connectivity index (χ3v) is 2.51. The SMILES string of the molecule is CCC(NC)c1ccn(CCCO)c1. The van der Waals surface area contributed by atoms with E-state index in [4.69, 9.17) is 5.11 Å². The number of aromatic nitrogens is 1. The second-order valence-corrected chi connectivity index (χ2v) is 3.51. The Bertz CT molecular complexity index is 254. The van der Waals surface area contributed by atoms with Crippen LogP contribution in [0, 0.1) is 0 Å². The van der Waals surface area contributed by atoms with Gasteiger partial charge in [-0.05, 0) is 31.5 Å². The highest BCUT2D eigenvalue weighted by Crippen LogP contribution is 2.16. The van der Waals surface area contributed by atoms with Crippen LogP contribution in [0.3, 0.4) is 0 Å². The number of rotatable bonds is 6. The summed E-state index contributed by atoms with van der Waals surface area (Å²) in [6.45, 7) is 3.33. The predicted molar refractivity (Wildman–Crippen MR) is 58.2 cm³/mol. The smallest absolute Gasteiger partial charge is 0.0448 e. The van der Waals surface area contributed by atoms with Gasteiger partial charge in [-0.1, -0.05) is 6.92 Å². The molecule has 0 saturated heterocycles. The van der Waals surface area contributed by atoms with Gasteiger partial charge in [0.25, 0.3) is 0 Å². The van der Waals surface area contributed by atoms with Crippen LogP contribution in [0.25, 0.3) is 0 Å². The van der Waals surface area contributed by atoms with E-state index in [1.54, 1.807) is 0 Å². The molecule has 0 aliphatic heterocycles. The van der Waals surface area contributed by atoms with Gasteiger partial charge >= 0.3 is 0 Å². The molecule has 0 aromatic carbocycles. The zero-order valence-electron chi connectivity index (χ0n) is 9.03. The van der Waals surface area contributed by atoms with Crippen LogP contribution >= 0.6 is 0 Å².